The monoisotopic (exact) mass is 350 g/mol. The average Bonchev–Trinajstić information content (AvgIpc) is 2.92. The van der Waals surface area contributed by atoms with Crippen LogP contribution in [0.5, 0.6) is 0 Å². The first-order valence-electron chi connectivity index (χ1n) is 7.47. The maximum atomic E-state index is 12.6. The zero-order chi connectivity index (χ0) is 15.5. The largest absolute Gasteiger partial charge is 0.314 e. The van der Waals surface area contributed by atoms with E-state index in [1.807, 2.05) is 0 Å². The summed E-state index contributed by atoms with van der Waals surface area (Å²) >= 11 is 7.00. The number of thiophene rings is 1. The molecule has 2 heterocycles. The number of rotatable bonds is 6. The fourth-order valence-electron chi connectivity index (χ4n) is 2.79. The van der Waals surface area contributed by atoms with E-state index < -0.39 is 10.0 Å². The first-order valence-corrected chi connectivity index (χ1v) is 10.1. The average molecular weight is 351 g/mol. The van der Waals surface area contributed by atoms with Crippen LogP contribution in [-0.2, 0) is 10.0 Å². The molecule has 0 saturated carbocycles. The SMILES string of the molecule is CCCNC1CCN(S(=O)(=O)c2ccc(Cl)s2)CC1CC. The predicted octanol–water partition coefficient (Wildman–Crippen LogP) is 3.19. The third-order valence-corrected chi connectivity index (χ3v) is 7.58. The molecule has 1 aromatic rings. The standard InChI is InChI=1S/C14H23ClN2O2S2/c1-3-8-16-12-7-9-17(10-11(12)4-2)21(18,19)14-6-5-13(15)20-14/h5-6,11-12,16H,3-4,7-10H2,1-2H3. The predicted molar refractivity (Wildman–Crippen MR) is 88.6 cm³/mol. The molecular weight excluding hydrogens is 328 g/mol. The summed E-state index contributed by atoms with van der Waals surface area (Å²) in [5, 5.41) is 3.55. The van der Waals surface area contributed by atoms with Gasteiger partial charge in [-0.25, -0.2) is 8.42 Å². The number of halogens is 1. The molecule has 1 aliphatic rings. The smallest absolute Gasteiger partial charge is 0.252 e. The molecule has 1 aliphatic heterocycles. The summed E-state index contributed by atoms with van der Waals surface area (Å²) in [7, 11) is -3.39. The Bertz CT molecular complexity index is 559. The molecule has 0 aliphatic carbocycles. The summed E-state index contributed by atoms with van der Waals surface area (Å²) in [5.74, 6) is 0.371. The van der Waals surface area contributed by atoms with E-state index in [-0.39, 0.29) is 0 Å². The van der Waals surface area contributed by atoms with Gasteiger partial charge in [0.1, 0.15) is 4.21 Å². The highest BCUT2D eigenvalue weighted by Crippen LogP contribution is 2.31. The second-order valence-corrected chi connectivity index (χ2v) is 9.32. The van der Waals surface area contributed by atoms with E-state index in [0.29, 0.717) is 33.6 Å². The summed E-state index contributed by atoms with van der Waals surface area (Å²) in [6.07, 6.45) is 2.96. The molecule has 1 fully saturated rings. The van der Waals surface area contributed by atoms with Crippen molar-refractivity contribution in [3.63, 3.8) is 0 Å². The molecular formula is C14H23ClN2O2S2. The molecule has 7 heteroatoms. The van der Waals surface area contributed by atoms with Crippen LogP contribution >= 0.6 is 22.9 Å². The molecule has 0 bridgehead atoms. The summed E-state index contributed by atoms with van der Waals surface area (Å²) in [4.78, 5) is 0. The van der Waals surface area contributed by atoms with Crippen LogP contribution in [0.4, 0.5) is 0 Å². The van der Waals surface area contributed by atoms with Gasteiger partial charge < -0.3 is 5.32 Å². The van der Waals surface area contributed by atoms with Crippen LogP contribution in [0.25, 0.3) is 0 Å². The molecule has 2 rings (SSSR count). The lowest BCUT2D eigenvalue weighted by Gasteiger charge is -2.37. The second kappa shape index (κ2) is 7.42. The van der Waals surface area contributed by atoms with Crippen LogP contribution in [0, 0.1) is 5.92 Å². The molecule has 1 saturated heterocycles. The quantitative estimate of drug-likeness (QED) is 0.857. The molecule has 0 radical (unpaired) electrons. The lowest BCUT2D eigenvalue weighted by molar-refractivity contribution is 0.202. The fraction of sp³-hybridized carbons (Fsp3) is 0.714. The normalized spacial score (nSPS) is 24.3. The zero-order valence-electron chi connectivity index (χ0n) is 12.5. The van der Waals surface area contributed by atoms with Gasteiger partial charge in [0, 0.05) is 19.1 Å². The zero-order valence-corrected chi connectivity index (χ0v) is 14.9. The van der Waals surface area contributed by atoms with Crippen molar-refractivity contribution in [2.75, 3.05) is 19.6 Å². The van der Waals surface area contributed by atoms with Gasteiger partial charge in [-0.3, -0.25) is 0 Å². The van der Waals surface area contributed by atoms with Crippen molar-refractivity contribution in [1.29, 1.82) is 0 Å². The van der Waals surface area contributed by atoms with Crippen LogP contribution in [0.1, 0.15) is 33.1 Å². The number of nitrogens with zero attached hydrogens (tertiary/aromatic N) is 1. The summed E-state index contributed by atoms with van der Waals surface area (Å²) < 4.78 is 27.8. The van der Waals surface area contributed by atoms with Gasteiger partial charge in [-0.05, 0) is 37.4 Å². The van der Waals surface area contributed by atoms with Crippen molar-refractivity contribution in [2.24, 2.45) is 5.92 Å². The summed E-state index contributed by atoms with van der Waals surface area (Å²) in [6, 6.07) is 3.67. The van der Waals surface area contributed by atoms with Gasteiger partial charge in [-0.15, -0.1) is 11.3 Å². The van der Waals surface area contributed by atoms with Crippen LogP contribution in [-0.4, -0.2) is 38.4 Å². The minimum absolute atomic E-state index is 0.349. The van der Waals surface area contributed by atoms with Crippen LogP contribution < -0.4 is 5.32 Å². The van der Waals surface area contributed by atoms with E-state index in [2.05, 4.69) is 19.2 Å². The van der Waals surface area contributed by atoms with E-state index in [1.54, 1.807) is 16.4 Å². The van der Waals surface area contributed by atoms with Crippen molar-refractivity contribution < 1.29 is 8.42 Å². The Kier molecular flexibility index (Phi) is 6.08. The van der Waals surface area contributed by atoms with Gasteiger partial charge in [0.2, 0.25) is 0 Å². The van der Waals surface area contributed by atoms with Crippen LogP contribution in [0.3, 0.4) is 0 Å². The topological polar surface area (TPSA) is 49.4 Å². The summed E-state index contributed by atoms with van der Waals surface area (Å²) in [5.41, 5.74) is 0. The highest BCUT2D eigenvalue weighted by molar-refractivity contribution is 7.91. The summed E-state index contributed by atoms with van der Waals surface area (Å²) in [6.45, 7) is 6.44. The second-order valence-electron chi connectivity index (χ2n) is 5.44. The van der Waals surface area contributed by atoms with E-state index in [0.717, 1.165) is 37.1 Å². The minimum Gasteiger partial charge on any atom is -0.314 e. The molecule has 2 atom stereocenters. The first-order chi connectivity index (χ1) is 9.98. The molecule has 0 amide bonds. The third-order valence-electron chi connectivity index (χ3n) is 4.02. The maximum absolute atomic E-state index is 12.6. The van der Waals surface area contributed by atoms with Crippen molar-refractivity contribution in [2.45, 2.75) is 43.4 Å². The van der Waals surface area contributed by atoms with E-state index in [1.165, 1.54) is 0 Å². The highest BCUT2D eigenvalue weighted by atomic mass is 35.5. The highest BCUT2D eigenvalue weighted by Gasteiger charge is 2.35. The molecule has 21 heavy (non-hydrogen) atoms. The van der Waals surface area contributed by atoms with E-state index >= 15 is 0 Å². The van der Waals surface area contributed by atoms with Crippen molar-refractivity contribution in [3.05, 3.63) is 16.5 Å². The Morgan fingerprint density at radius 2 is 2.19 bits per heavy atom. The van der Waals surface area contributed by atoms with Gasteiger partial charge in [0.05, 0.1) is 4.34 Å². The van der Waals surface area contributed by atoms with Gasteiger partial charge in [-0.2, -0.15) is 4.31 Å². The lowest BCUT2D eigenvalue weighted by atomic mass is 9.91. The first kappa shape index (κ1) is 17.2. The van der Waals surface area contributed by atoms with Crippen molar-refractivity contribution >= 4 is 33.0 Å². The number of nitrogens with one attached hydrogen (secondary N) is 1. The Hall–Kier alpha value is -0.140. The number of sulfonamides is 1. The number of hydrogen-bond acceptors (Lipinski definition) is 4. The Morgan fingerprint density at radius 1 is 1.43 bits per heavy atom. The maximum Gasteiger partial charge on any atom is 0.252 e. The van der Waals surface area contributed by atoms with Crippen LogP contribution in [0.2, 0.25) is 4.34 Å². The van der Waals surface area contributed by atoms with Gasteiger partial charge in [0.25, 0.3) is 10.0 Å². The third kappa shape index (κ3) is 3.99. The number of piperidine rings is 1. The Balaban J connectivity index is 2.09. The number of hydrogen-bond donors (Lipinski definition) is 1. The molecule has 120 valence electrons. The van der Waals surface area contributed by atoms with Gasteiger partial charge in [0.15, 0.2) is 0 Å². The van der Waals surface area contributed by atoms with Crippen molar-refractivity contribution in [3.8, 4) is 0 Å². The molecule has 0 spiro atoms. The van der Waals surface area contributed by atoms with E-state index in [9.17, 15) is 8.42 Å². The van der Waals surface area contributed by atoms with E-state index in [4.69, 9.17) is 11.6 Å². The fourth-order valence-corrected chi connectivity index (χ4v) is 5.94. The molecule has 2 unspecified atom stereocenters. The van der Waals surface area contributed by atoms with Crippen molar-refractivity contribution in [1.82, 2.24) is 9.62 Å². The Labute approximate surface area is 136 Å². The van der Waals surface area contributed by atoms with Gasteiger partial charge >= 0.3 is 0 Å². The molecule has 1 aromatic heterocycles. The van der Waals surface area contributed by atoms with Gasteiger partial charge in [-0.1, -0.05) is 31.9 Å². The molecule has 4 nitrogen and oxygen atoms in total. The van der Waals surface area contributed by atoms with Crippen LogP contribution in [0.15, 0.2) is 16.3 Å². The molecule has 0 aromatic carbocycles. The minimum atomic E-state index is -3.39. The molecule has 1 N–H and O–H groups in total. The Morgan fingerprint density at radius 3 is 2.76 bits per heavy atom. The lowest BCUT2D eigenvalue weighted by Crippen LogP contribution is -2.50.